The van der Waals surface area contributed by atoms with Gasteiger partial charge in [0.2, 0.25) is 0 Å². The number of carbonyl (C=O) groups is 1. The Hall–Kier alpha value is -0.490. The van der Waals surface area contributed by atoms with Crippen LogP contribution in [0.15, 0.2) is 0 Å². The van der Waals surface area contributed by atoms with Crippen LogP contribution in [0.2, 0.25) is 0 Å². The first-order valence-electron chi connectivity index (χ1n) is 3.48. The Bertz CT molecular complexity index is 163. The quantitative estimate of drug-likeness (QED) is 0.375. The lowest BCUT2D eigenvalue weighted by atomic mass is 9.87. The highest BCUT2D eigenvalue weighted by molar-refractivity contribution is 5.62. The van der Waals surface area contributed by atoms with Gasteiger partial charge in [0.05, 0.1) is 6.61 Å². The van der Waals surface area contributed by atoms with E-state index in [1.807, 2.05) is 0 Å². The van der Waals surface area contributed by atoms with Crippen molar-refractivity contribution < 1.29 is 25.2 Å². The van der Waals surface area contributed by atoms with Crippen molar-refractivity contribution in [3.8, 4) is 0 Å². The van der Waals surface area contributed by atoms with Gasteiger partial charge in [-0.15, -0.1) is 0 Å². The molecule has 0 aliphatic carbocycles. The van der Waals surface area contributed by atoms with Crippen LogP contribution < -0.4 is 0 Å². The Morgan fingerprint density at radius 1 is 1.42 bits per heavy atom. The number of carbonyl (C=O) groups excluding carboxylic acids is 1. The summed E-state index contributed by atoms with van der Waals surface area (Å²) in [4.78, 5) is 10.2. The molecular weight excluding hydrogens is 164 g/mol. The van der Waals surface area contributed by atoms with Gasteiger partial charge in [-0.25, -0.2) is 0 Å². The Kier molecular flexibility index (Phi) is 3.34. The molecule has 12 heavy (non-hydrogen) atoms. The Labute approximate surface area is 70.3 Å². The van der Waals surface area contributed by atoms with Gasteiger partial charge in [-0.1, -0.05) is 0 Å². The maximum absolute atomic E-state index is 10.2. The van der Waals surface area contributed by atoms with Crippen molar-refractivity contribution in [1.29, 1.82) is 0 Å². The van der Waals surface area contributed by atoms with Crippen LogP contribution in [0.1, 0.15) is 13.8 Å². The van der Waals surface area contributed by atoms with Crippen molar-refractivity contribution in [2.24, 2.45) is 0 Å². The summed E-state index contributed by atoms with van der Waals surface area (Å²) < 4.78 is 0. The van der Waals surface area contributed by atoms with Crippen molar-refractivity contribution in [2.75, 3.05) is 6.61 Å². The van der Waals surface area contributed by atoms with E-state index in [4.69, 9.17) is 10.2 Å². The van der Waals surface area contributed by atoms with Crippen LogP contribution >= 0.6 is 0 Å². The predicted octanol–water partition coefficient (Wildman–Crippen LogP) is -1.96. The van der Waals surface area contributed by atoms with Gasteiger partial charge in [-0.3, -0.25) is 0 Å². The number of rotatable bonds is 4. The third-order valence-electron chi connectivity index (χ3n) is 1.70. The largest absolute Gasteiger partial charge is 0.393 e. The maximum Gasteiger partial charge on any atom is 0.154 e. The van der Waals surface area contributed by atoms with E-state index in [9.17, 15) is 15.0 Å². The minimum Gasteiger partial charge on any atom is -0.393 e. The molecule has 0 fully saturated rings. The average Bonchev–Trinajstić information content (AvgIpc) is 2.03. The number of aliphatic hydroxyl groups is 4. The zero-order valence-corrected chi connectivity index (χ0v) is 7.06. The highest BCUT2D eigenvalue weighted by Gasteiger charge is 2.42. The van der Waals surface area contributed by atoms with E-state index in [2.05, 4.69) is 0 Å². The lowest BCUT2D eigenvalue weighted by Crippen LogP contribution is -2.56. The van der Waals surface area contributed by atoms with Crippen LogP contribution in [-0.4, -0.2) is 50.6 Å². The molecule has 0 bridgehead atoms. The minimum absolute atomic E-state index is 0.113. The highest BCUT2D eigenvalue weighted by atomic mass is 16.4. The zero-order valence-electron chi connectivity index (χ0n) is 7.06. The van der Waals surface area contributed by atoms with Crippen molar-refractivity contribution in [3.63, 3.8) is 0 Å². The molecule has 0 aliphatic heterocycles. The lowest BCUT2D eigenvalue weighted by Gasteiger charge is -2.33. The number of aldehydes is 1. The van der Waals surface area contributed by atoms with Crippen LogP contribution in [-0.2, 0) is 4.79 Å². The monoisotopic (exact) mass is 178 g/mol. The molecule has 3 atom stereocenters. The third kappa shape index (κ3) is 2.25. The molecule has 0 amide bonds. The molecule has 72 valence electrons. The second-order valence-corrected chi connectivity index (χ2v) is 3.26. The first kappa shape index (κ1) is 11.5. The van der Waals surface area contributed by atoms with Crippen LogP contribution in [0.5, 0.6) is 0 Å². The van der Waals surface area contributed by atoms with Gasteiger partial charge in [-0.2, -0.15) is 0 Å². The Morgan fingerprint density at radius 2 is 1.83 bits per heavy atom. The van der Waals surface area contributed by atoms with Gasteiger partial charge in [-0.05, 0) is 13.8 Å². The van der Waals surface area contributed by atoms with Crippen LogP contribution in [0.3, 0.4) is 0 Å². The molecule has 0 saturated heterocycles. The summed E-state index contributed by atoms with van der Waals surface area (Å²) in [5, 5.41) is 36.2. The molecule has 0 saturated carbocycles. The van der Waals surface area contributed by atoms with Gasteiger partial charge in [0, 0.05) is 0 Å². The number of aliphatic hydroxyl groups excluding tert-OH is 2. The lowest BCUT2D eigenvalue weighted by molar-refractivity contribution is -0.173. The smallest absolute Gasteiger partial charge is 0.154 e. The molecule has 0 aromatic carbocycles. The summed E-state index contributed by atoms with van der Waals surface area (Å²) in [6, 6.07) is 0. The molecule has 5 heteroatoms. The van der Waals surface area contributed by atoms with E-state index in [-0.39, 0.29) is 6.29 Å². The van der Waals surface area contributed by atoms with Crippen molar-refractivity contribution in [2.45, 2.75) is 31.2 Å². The standard InChI is InChI=1S/C7H14O5/c1-6(11,3-8)5(10)7(2,12)4-9/h3,5,9-12H,4H2,1-2H3/t5-,6+,7-/m1/s1. The van der Waals surface area contributed by atoms with Gasteiger partial charge in [0.25, 0.3) is 0 Å². The molecule has 0 aliphatic rings. The van der Waals surface area contributed by atoms with Gasteiger partial charge in [0.15, 0.2) is 6.29 Å². The van der Waals surface area contributed by atoms with Crippen LogP contribution in [0, 0.1) is 0 Å². The zero-order chi connectivity index (χ0) is 9.99. The van der Waals surface area contributed by atoms with Gasteiger partial charge < -0.3 is 25.2 Å². The van der Waals surface area contributed by atoms with E-state index in [0.717, 1.165) is 13.8 Å². The van der Waals surface area contributed by atoms with Crippen molar-refractivity contribution in [3.05, 3.63) is 0 Å². The third-order valence-corrected chi connectivity index (χ3v) is 1.70. The maximum atomic E-state index is 10.2. The number of hydrogen-bond acceptors (Lipinski definition) is 5. The van der Waals surface area contributed by atoms with Gasteiger partial charge >= 0.3 is 0 Å². The van der Waals surface area contributed by atoms with Crippen molar-refractivity contribution in [1.82, 2.24) is 0 Å². The molecule has 4 N–H and O–H groups in total. The molecule has 0 rings (SSSR count). The van der Waals surface area contributed by atoms with Crippen molar-refractivity contribution >= 4 is 6.29 Å². The fourth-order valence-corrected chi connectivity index (χ4v) is 0.780. The Morgan fingerprint density at radius 3 is 2.08 bits per heavy atom. The van der Waals surface area contributed by atoms with E-state index in [1.54, 1.807) is 0 Å². The first-order valence-corrected chi connectivity index (χ1v) is 3.48. The Balaban J connectivity index is 4.58. The first-order chi connectivity index (χ1) is 5.28. The topological polar surface area (TPSA) is 98.0 Å². The second kappa shape index (κ2) is 3.49. The molecular formula is C7H14O5. The average molecular weight is 178 g/mol. The summed E-state index contributed by atoms with van der Waals surface area (Å²) in [6.45, 7) is 1.43. The summed E-state index contributed by atoms with van der Waals surface area (Å²) in [7, 11) is 0. The van der Waals surface area contributed by atoms with E-state index in [0.29, 0.717) is 0 Å². The molecule has 5 nitrogen and oxygen atoms in total. The molecule has 0 aromatic rings. The summed E-state index contributed by atoms with van der Waals surface area (Å²) in [6.07, 6.45) is -1.60. The number of hydrogen-bond donors (Lipinski definition) is 4. The van der Waals surface area contributed by atoms with E-state index >= 15 is 0 Å². The molecule has 0 unspecified atom stereocenters. The van der Waals surface area contributed by atoms with E-state index < -0.39 is 23.9 Å². The summed E-state index contributed by atoms with van der Waals surface area (Å²) in [5.74, 6) is 0. The minimum atomic E-state index is -2.05. The molecule has 0 radical (unpaired) electrons. The molecule has 0 spiro atoms. The molecule has 0 heterocycles. The SMILES string of the molecule is C[C@](O)(C=O)[C@@H](O)[C@](C)(O)CO. The van der Waals surface area contributed by atoms with E-state index in [1.165, 1.54) is 0 Å². The predicted molar refractivity (Wildman–Crippen MR) is 40.4 cm³/mol. The highest BCUT2D eigenvalue weighted by Crippen LogP contribution is 2.18. The normalized spacial score (nSPS) is 23.8. The summed E-state index contributed by atoms with van der Waals surface area (Å²) >= 11 is 0. The van der Waals surface area contributed by atoms with Crippen LogP contribution in [0.4, 0.5) is 0 Å². The second-order valence-electron chi connectivity index (χ2n) is 3.26. The fraction of sp³-hybridized carbons (Fsp3) is 0.857. The summed E-state index contributed by atoms with van der Waals surface area (Å²) in [5.41, 5.74) is -3.93. The fourth-order valence-electron chi connectivity index (χ4n) is 0.780. The van der Waals surface area contributed by atoms with Crippen LogP contribution in [0.25, 0.3) is 0 Å². The molecule has 0 aromatic heterocycles. The van der Waals surface area contributed by atoms with Gasteiger partial charge in [0.1, 0.15) is 17.3 Å².